The van der Waals surface area contributed by atoms with E-state index in [1.165, 1.54) is 6.33 Å². The maximum Gasteiger partial charge on any atom is 0.273 e. The number of hydrogen-bond donors (Lipinski definition) is 1. The lowest BCUT2D eigenvalue weighted by atomic mass is 9.97. The molecule has 2 fully saturated rings. The number of amides is 2. The van der Waals surface area contributed by atoms with Crippen molar-refractivity contribution >= 4 is 11.8 Å². The highest BCUT2D eigenvalue weighted by molar-refractivity contribution is 5.93. The van der Waals surface area contributed by atoms with E-state index in [1.54, 1.807) is 25.6 Å². The number of ether oxygens (including phenoxy) is 1. The van der Waals surface area contributed by atoms with Crippen LogP contribution in [0.2, 0.25) is 0 Å². The maximum absolute atomic E-state index is 14.0. The van der Waals surface area contributed by atoms with E-state index in [0.717, 1.165) is 42.6 Å². The number of benzene rings is 1. The molecule has 2 aliphatic rings. The molecule has 4 heterocycles. The fraction of sp³-hybridized carbons (Fsp3) is 0.370. The summed E-state index contributed by atoms with van der Waals surface area (Å²) in [6.45, 7) is 0. The highest BCUT2D eigenvalue weighted by Crippen LogP contribution is 2.33. The van der Waals surface area contributed by atoms with Crippen LogP contribution in [0.5, 0.6) is 5.75 Å². The predicted octanol–water partition coefficient (Wildman–Crippen LogP) is 3.43. The lowest BCUT2D eigenvalue weighted by Crippen LogP contribution is -2.49. The normalized spacial score (nSPS) is 22.0. The summed E-state index contributed by atoms with van der Waals surface area (Å²) in [5, 5.41) is 3.20. The van der Waals surface area contributed by atoms with Crippen LogP contribution in [0.1, 0.15) is 48.2 Å². The molecule has 1 N–H and O–H groups in total. The van der Waals surface area contributed by atoms with Gasteiger partial charge in [0.1, 0.15) is 17.8 Å². The number of carbonyl (C=O) groups is 2. The number of nitrogens with one attached hydrogen (secondary N) is 1. The van der Waals surface area contributed by atoms with Crippen LogP contribution in [0.4, 0.5) is 0 Å². The van der Waals surface area contributed by atoms with Crippen LogP contribution in [-0.4, -0.2) is 56.9 Å². The number of pyridine rings is 1. The van der Waals surface area contributed by atoms with Crippen molar-refractivity contribution in [2.24, 2.45) is 0 Å². The Morgan fingerprint density at radius 2 is 1.91 bits per heavy atom. The van der Waals surface area contributed by atoms with Gasteiger partial charge in [-0.15, -0.1) is 0 Å². The molecule has 0 radical (unpaired) electrons. The molecule has 3 atom stereocenters. The molecule has 5 rings (SSSR count). The summed E-state index contributed by atoms with van der Waals surface area (Å²) in [5.74, 6) is 0.763. The molecular weight excluding hydrogens is 442 g/mol. The molecule has 180 valence electrons. The van der Waals surface area contributed by atoms with E-state index in [1.807, 2.05) is 41.3 Å². The highest BCUT2D eigenvalue weighted by atomic mass is 16.5. The van der Waals surface area contributed by atoms with Crippen molar-refractivity contribution in [2.45, 2.75) is 56.7 Å². The molecule has 3 aromatic rings. The van der Waals surface area contributed by atoms with E-state index < -0.39 is 0 Å². The van der Waals surface area contributed by atoms with E-state index in [9.17, 15) is 9.59 Å². The Labute approximate surface area is 204 Å². The molecule has 8 heteroatoms. The second-order valence-electron chi connectivity index (χ2n) is 9.18. The van der Waals surface area contributed by atoms with E-state index in [4.69, 9.17) is 4.74 Å². The second-order valence-corrected chi connectivity index (χ2v) is 9.18. The third-order valence-electron chi connectivity index (χ3n) is 6.93. The van der Waals surface area contributed by atoms with Gasteiger partial charge in [0.15, 0.2) is 0 Å². The van der Waals surface area contributed by atoms with Gasteiger partial charge in [-0.05, 0) is 55.5 Å². The van der Waals surface area contributed by atoms with Crippen LogP contribution in [0.25, 0.3) is 11.3 Å². The lowest BCUT2D eigenvalue weighted by molar-refractivity contribution is -0.122. The number of aromatic nitrogens is 3. The number of nitrogens with zero attached hydrogens (tertiary/aromatic N) is 4. The number of carbonyl (C=O) groups excluding carboxylic acids is 2. The first-order valence-corrected chi connectivity index (χ1v) is 12.1. The highest BCUT2D eigenvalue weighted by Gasteiger charge is 2.45. The van der Waals surface area contributed by atoms with Crippen molar-refractivity contribution in [3.8, 4) is 17.0 Å². The fourth-order valence-corrected chi connectivity index (χ4v) is 5.25. The van der Waals surface area contributed by atoms with Gasteiger partial charge >= 0.3 is 0 Å². The Morgan fingerprint density at radius 1 is 1.11 bits per heavy atom. The van der Waals surface area contributed by atoms with E-state index in [0.29, 0.717) is 24.2 Å². The molecule has 0 spiro atoms. The van der Waals surface area contributed by atoms with Crippen LogP contribution in [0.3, 0.4) is 0 Å². The number of hydrogen-bond acceptors (Lipinski definition) is 6. The third-order valence-corrected chi connectivity index (χ3v) is 6.93. The number of rotatable bonds is 5. The van der Waals surface area contributed by atoms with Gasteiger partial charge in [-0.3, -0.25) is 9.59 Å². The summed E-state index contributed by atoms with van der Waals surface area (Å²) >= 11 is 0. The van der Waals surface area contributed by atoms with Crippen LogP contribution < -0.4 is 10.1 Å². The van der Waals surface area contributed by atoms with Gasteiger partial charge in [0.05, 0.1) is 24.9 Å². The zero-order valence-corrected chi connectivity index (χ0v) is 19.8. The van der Waals surface area contributed by atoms with Gasteiger partial charge < -0.3 is 15.0 Å². The summed E-state index contributed by atoms with van der Waals surface area (Å²) in [4.78, 5) is 41.2. The molecule has 2 aliphatic heterocycles. The molecule has 1 aromatic carbocycles. The molecule has 2 aromatic heterocycles. The summed E-state index contributed by atoms with van der Waals surface area (Å²) in [6.07, 6.45) is 9.43. The van der Waals surface area contributed by atoms with Crippen molar-refractivity contribution in [3.05, 3.63) is 72.4 Å². The molecule has 2 saturated heterocycles. The Balaban J connectivity index is 1.46. The summed E-state index contributed by atoms with van der Waals surface area (Å²) < 4.78 is 5.29. The number of likely N-dealkylation sites (tertiary alicyclic amines) is 1. The van der Waals surface area contributed by atoms with Crippen molar-refractivity contribution in [1.82, 2.24) is 25.2 Å². The summed E-state index contributed by atoms with van der Waals surface area (Å²) in [5.41, 5.74) is 2.93. The Hall–Kier alpha value is -3.81. The van der Waals surface area contributed by atoms with Crippen LogP contribution in [-0.2, 0) is 11.2 Å². The first kappa shape index (κ1) is 23.0. The molecule has 8 nitrogen and oxygen atoms in total. The summed E-state index contributed by atoms with van der Waals surface area (Å²) in [6, 6.07) is 13.2. The lowest BCUT2D eigenvalue weighted by Gasteiger charge is -2.33. The van der Waals surface area contributed by atoms with Gasteiger partial charge in [-0.2, -0.15) is 0 Å². The van der Waals surface area contributed by atoms with E-state index in [-0.39, 0.29) is 29.9 Å². The SMILES string of the molecule is COc1ccc(C[C@@H]2C[C@@H]3NC(=O)CCCC[C@H]3N2C(=O)c2cccc(-c3cncnc3)n2)cc1. The van der Waals surface area contributed by atoms with Gasteiger partial charge in [0.2, 0.25) is 5.91 Å². The average molecular weight is 472 g/mol. The molecule has 0 saturated carbocycles. The van der Waals surface area contributed by atoms with Crippen LogP contribution >= 0.6 is 0 Å². The average Bonchev–Trinajstić information content (AvgIpc) is 3.21. The first-order chi connectivity index (χ1) is 17.1. The van der Waals surface area contributed by atoms with E-state index >= 15 is 0 Å². The standard InChI is InChI=1S/C27H29N5O3/c1-35-21-11-9-18(10-12-21)13-20-14-24-25(7-2-3-8-26(33)31-24)32(20)27(34)23-6-4-5-22(30-23)19-15-28-17-29-16-19/h4-6,9-12,15-17,20,24-25H,2-3,7-8,13-14H2,1H3,(H,31,33)/t20-,24+,25-/m1/s1. The van der Waals surface area contributed by atoms with Crippen LogP contribution in [0, 0.1) is 0 Å². The van der Waals surface area contributed by atoms with Crippen molar-refractivity contribution in [1.29, 1.82) is 0 Å². The quantitative estimate of drug-likeness (QED) is 0.612. The minimum Gasteiger partial charge on any atom is -0.497 e. The van der Waals surface area contributed by atoms with Gasteiger partial charge in [0, 0.05) is 30.4 Å². The Bertz CT molecular complexity index is 1180. The van der Waals surface area contributed by atoms with Crippen molar-refractivity contribution in [3.63, 3.8) is 0 Å². The molecule has 35 heavy (non-hydrogen) atoms. The monoisotopic (exact) mass is 471 g/mol. The maximum atomic E-state index is 14.0. The Kier molecular flexibility index (Phi) is 6.70. The van der Waals surface area contributed by atoms with Gasteiger partial charge in [-0.1, -0.05) is 24.6 Å². The predicted molar refractivity (Wildman–Crippen MR) is 131 cm³/mol. The van der Waals surface area contributed by atoms with Crippen LogP contribution in [0.15, 0.2) is 61.2 Å². The van der Waals surface area contributed by atoms with E-state index in [2.05, 4.69) is 20.3 Å². The third kappa shape index (κ3) is 5.01. The zero-order chi connectivity index (χ0) is 24.2. The van der Waals surface area contributed by atoms with Crippen molar-refractivity contribution < 1.29 is 14.3 Å². The minimum atomic E-state index is -0.107. The van der Waals surface area contributed by atoms with Gasteiger partial charge in [0.25, 0.3) is 5.91 Å². The molecular formula is C27H29N5O3. The smallest absolute Gasteiger partial charge is 0.273 e. The van der Waals surface area contributed by atoms with Crippen molar-refractivity contribution in [2.75, 3.05) is 7.11 Å². The topological polar surface area (TPSA) is 97.3 Å². The minimum absolute atomic E-state index is 0.0465. The second kappa shape index (κ2) is 10.2. The first-order valence-electron chi connectivity index (χ1n) is 12.1. The number of methoxy groups -OCH3 is 1. The molecule has 0 aliphatic carbocycles. The molecule has 0 bridgehead atoms. The fourth-order valence-electron chi connectivity index (χ4n) is 5.25. The summed E-state index contributed by atoms with van der Waals surface area (Å²) in [7, 11) is 1.65. The molecule has 2 amide bonds. The van der Waals surface area contributed by atoms with Gasteiger partial charge in [-0.25, -0.2) is 15.0 Å². The number of fused-ring (bicyclic) bond motifs is 1. The Morgan fingerprint density at radius 3 is 2.69 bits per heavy atom. The zero-order valence-electron chi connectivity index (χ0n) is 19.8. The largest absolute Gasteiger partial charge is 0.497 e. The molecule has 0 unspecified atom stereocenters.